The molecule has 4 rings (SSSR count). The summed E-state index contributed by atoms with van der Waals surface area (Å²) in [6.07, 6.45) is 2.18. The molecule has 1 aliphatic rings. The number of benzene rings is 1. The Labute approximate surface area is 163 Å². The average molecular weight is 383 g/mol. The molecule has 1 aromatic carbocycles. The smallest absolute Gasteiger partial charge is 0.263 e. The fourth-order valence-electron chi connectivity index (χ4n) is 3.71. The fraction of sp³-hybridized carbons (Fsp3) is 0.476. The van der Waals surface area contributed by atoms with Gasteiger partial charge < -0.3 is 4.90 Å². The lowest BCUT2D eigenvalue weighted by Gasteiger charge is -2.20. The number of hydrogen-bond donors (Lipinski definition) is 1. The average Bonchev–Trinajstić information content (AvgIpc) is 3.43. The van der Waals surface area contributed by atoms with Gasteiger partial charge in [-0.3, -0.25) is 9.78 Å². The number of fused-ring (bicyclic) bond motifs is 1. The van der Waals surface area contributed by atoms with E-state index in [9.17, 15) is 9.18 Å². The standard InChI is InChI=1S/C21H26FN5O/c1-12(2)13-5-7-14(8-6-13)18(15-9-10-15)27-19-17(16(11-22)25-27)20(28)24-21(23-19)26(3)4/h5-8,12,15,18H,9-11H2,1-4H3,(H,23,24,28)/t18-/m1/s1. The van der Waals surface area contributed by atoms with Gasteiger partial charge in [0, 0.05) is 14.1 Å². The van der Waals surface area contributed by atoms with Crippen LogP contribution in [0, 0.1) is 5.92 Å². The molecule has 148 valence electrons. The van der Waals surface area contributed by atoms with E-state index in [1.165, 1.54) is 5.56 Å². The summed E-state index contributed by atoms with van der Waals surface area (Å²) in [6, 6.07) is 8.49. The molecule has 0 unspecified atom stereocenters. The number of nitrogens with zero attached hydrogens (tertiary/aromatic N) is 4. The van der Waals surface area contributed by atoms with Crippen molar-refractivity contribution in [1.82, 2.24) is 19.7 Å². The molecule has 1 atom stereocenters. The lowest BCUT2D eigenvalue weighted by Crippen LogP contribution is -2.20. The molecule has 0 radical (unpaired) electrons. The summed E-state index contributed by atoms with van der Waals surface area (Å²) in [7, 11) is 3.62. The van der Waals surface area contributed by atoms with E-state index in [1.807, 2.05) is 14.1 Å². The molecule has 28 heavy (non-hydrogen) atoms. The predicted octanol–water partition coefficient (Wildman–Crippen LogP) is 3.78. The van der Waals surface area contributed by atoms with Crippen LogP contribution in [-0.2, 0) is 6.67 Å². The van der Waals surface area contributed by atoms with Crippen LogP contribution in [0.3, 0.4) is 0 Å². The van der Waals surface area contributed by atoms with Gasteiger partial charge in [0.25, 0.3) is 5.56 Å². The third-order valence-corrected chi connectivity index (χ3v) is 5.45. The van der Waals surface area contributed by atoms with Gasteiger partial charge in [0.15, 0.2) is 5.65 Å². The lowest BCUT2D eigenvalue weighted by molar-refractivity contribution is 0.444. The molecule has 0 spiro atoms. The summed E-state index contributed by atoms with van der Waals surface area (Å²) >= 11 is 0. The Balaban J connectivity index is 1.90. The first-order valence-corrected chi connectivity index (χ1v) is 9.75. The molecule has 1 N–H and O–H groups in total. The zero-order chi connectivity index (χ0) is 20.0. The second-order valence-corrected chi connectivity index (χ2v) is 8.11. The third-order valence-electron chi connectivity index (χ3n) is 5.45. The topological polar surface area (TPSA) is 66.8 Å². The Morgan fingerprint density at radius 1 is 1.21 bits per heavy atom. The predicted molar refractivity (Wildman–Crippen MR) is 109 cm³/mol. The van der Waals surface area contributed by atoms with Crippen LogP contribution in [0.25, 0.3) is 11.0 Å². The van der Waals surface area contributed by atoms with Crippen LogP contribution in [0.15, 0.2) is 29.1 Å². The minimum atomic E-state index is -0.792. The van der Waals surface area contributed by atoms with E-state index in [1.54, 1.807) is 9.58 Å². The zero-order valence-electron chi connectivity index (χ0n) is 16.7. The van der Waals surface area contributed by atoms with Crippen molar-refractivity contribution in [3.8, 4) is 0 Å². The van der Waals surface area contributed by atoms with Crippen LogP contribution >= 0.6 is 0 Å². The summed E-state index contributed by atoms with van der Waals surface area (Å²) in [5.74, 6) is 1.32. The van der Waals surface area contributed by atoms with E-state index in [0.717, 1.165) is 18.4 Å². The van der Waals surface area contributed by atoms with Crippen molar-refractivity contribution in [2.24, 2.45) is 5.92 Å². The van der Waals surface area contributed by atoms with Crippen LogP contribution in [-0.4, -0.2) is 33.8 Å². The molecular weight excluding hydrogens is 357 g/mol. The van der Waals surface area contributed by atoms with Gasteiger partial charge in [0.05, 0.1) is 6.04 Å². The maximum atomic E-state index is 13.7. The number of alkyl halides is 1. The summed E-state index contributed by atoms with van der Waals surface area (Å²) < 4.78 is 15.4. The summed E-state index contributed by atoms with van der Waals surface area (Å²) in [6.45, 7) is 3.54. The maximum absolute atomic E-state index is 13.7. The number of H-pyrrole nitrogens is 1. The largest absolute Gasteiger partial charge is 0.348 e. The maximum Gasteiger partial charge on any atom is 0.263 e. The summed E-state index contributed by atoms with van der Waals surface area (Å²) in [4.78, 5) is 21.7. The first-order valence-electron chi connectivity index (χ1n) is 9.75. The first kappa shape index (κ1) is 18.7. The van der Waals surface area contributed by atoms with E-state index in [4.69, 9.17) is 0 Å². The van der Waals surface area contributed by atoms with E-state index >= 15 is 0 Å². The number of halogens is 1. The Kier molecular flexibility index (Phi) is 4.69. The summed E-state index contributed by atoms with van der Waals surface area (Å²) in [5.41, 5.74) is 2.65. The number of aromatic nitrogens is 4. The van der Waals surface area contributed by atoms with Gasteiger partial charge in [-0.2, -0.15) is 10.1 Å². The van der Waals surface area contributed by atoms with E-state index in [0.29, 0.717) is 23.4 Å². The molecule has 0 saturated heterocycles. The van der Waals surface area contributed by atoms with Crippen molar-refractivity contribution in [1.29, 1.82) is 0 Å². The van der Waals surface area contributed by atoms with Crippen molar-refractivity contribution in [3.05, 3.63) is 51.4 Å². The second-order valence-electron chi connectivity index (χ2n) is 8.11. The van der Waals surface area contributed by atoms with Gasteiger partial charge in [0.2, 0.25) is 5.95 Å². The molecule has 7 heteroatoms. The Morgan fingerprint density at radius 2 is 1.86 bits per heavy atom. The van der Waals surface area contributed by atoms with E-state index in [-0.39, 0.29) is 22.7 Å². The van der Waals surface area contributed by atoms with Gasteiger partial charge in [-0.05, 0) is 35.8 Å². The molecule has 0 aliphatic heterocycles. The summed E-state index contributed by atoms with van der Waals surface area (Å²) in [5, 5.41) is 4.75. The van der Waals surface area contributed by atoms with Crippen molar-refractivity contribution < 1.29 is 4.39 Å². The van der Waals surface area contributed by atoms with Crippen LogP contribution in [0.5, 0.6) is 0 Å². The molecule has 6 nitrogen and oxygen atoms in total. The molecule has 0 amide bonds. The quantitative estimate of drug-likeness (QED) is 0.703. The first-order chi connectivity index (χ1) is 13.4. The third kappa shape index (κ3) is 3.19. The molecule has 1 fully saturated rings. The minimum absolute atomic E-state index is 0.0478. The zero-order valence-corrected chi connectivity index (χ0v) is 16.7. The number of rotatable bonds is 6. The van der Waals surface area contributed by atoms with Crippen molar-refractivity contribution >= 4 is 17.0 Å². The van der Waals surface area contributed by atoms with Gasteiger partial charge >= 0.3 is 0 Å². The van der Waals surface area contributed by atoms with Crippen LogP contribution in [0.1, 0.15) is 55.5 Å². The number of hydrogen-bond acceptors (Lipinski definition) is 4. The highest BCUT2D eigenvalue weighted by atomic mass is 19.1. The highest BCUT2D eigenvalue weighted by Gasteiger charge is 2.36. The van der Waals surface area contributed by atoms with Crippen LogP contribution in [0.2, 0.25) is 0 Å². The minimum Gasteiger partial charge on any atom is -0.348 e. The molecule has 1 saturated carbocycles. The van der Waals surface area contributed by atoms with Gasteiger partial charge in [0.1, 0.15) is 17.8 Å². The molecule has 2 aromatic heterocycles. The monoisotopic (exact) mass is 383 g/mol. The van der Waals surface area contributed by atoms with Gasteiger partial charge in [-0.25, -0.2) is 9.07 Å². The van der Waals surface area contributed by atoms with Crippen LogP contribution in [0.4, 0.5) is 10.3 Å². The number of nitrogens with one attached hydrogen (secondary N) is 1. The fourth-order valence-corrected chi connectivity index (χ4v) is 3.71. The Bertz CT molecular complexity index is 1050. The number of anilines is 1. The van der Waals surface area contributed by atoms with E-state index in [2.05, 4.69) is 53.2 Å². The lowest BCUT2D eigenvalue weighted by atomic mass is 9.97. The molecule has 2 heterocycles. The van der Waals surface area contributed by atoms with Crippen molar-refractivity contribution in [2.45, 2.75) is 45.3 Å². The normalized spacial score (nSPS) is 15.4. The molecule has 3 aromatic rings. The number of aromatic amines is 1. The Hall–Kier alpha value is -2.70. The molecule has 1 aliphatic carbocycles. The second kappa shape index (κ2) is 7.04. The Morgan fingerprint density at radius 3 is 2.39 bits per heavy atom. The SMILES string of the molecule is CC(C)c1ccc([C@H](C2CC2)n2nc(CF)c3c(=O)[nH]c(N(C)C)nc32)cc1. The van der Waals surface area contributed by atoms with Crippen LogP contribution < -0.4 is 10.5 Å². The molecular formula is C21H26FN5O. The highest BCUT2D eigenvalue weighted by molar-refractivity contribution is 5.78. The molecule has 0 bridgehead atoms. The van der Waals surface area contributed by atoms with Crippen molar-refractivity contribution in [3.63, 3.8) is 0 Å². The van der Waals surface area contributed by atoms with E-state index < -0.39 is 6.67 Å². The highest BCUT2D eigenvalue weighted by Crippen LogP contribution is 2.44. The van der Waals surface area contributed by atoms with Gasteiger partial charge in [-0.15, -0.1) is 0 Å². The van der Waals surface area contributed by atoms with Crippen molar-refractivity contribution in [2.75, 3.05) is 19.0 Å². The van der Waals surface area contributed by atoms with Gasteiger partial charge in [-0.1, -0.05) is 38.1 Å².